The van der Waals surface area contributed by atoms with Gasteiger partial charge in [-0.3, -0.25) is 20.4 Å². The lowest BCUT2D eigenvalue weighted by atomic mass is 10.1. The van der Waals surface area contributed by atoms with Crippen LogP contribution in [0.2, 0.25) is 0 Å². The third-order valence-electron chi connectivity index (χ3n) is 3.66. The van der Waals surface area contributed by atoms with Gasteiger partial charge in [-0.1, -0.05) is 30.3 Å². The zero-order chi connectivity index (χ0) is 18.5. The molecule has 0 aliphatic carbocycles. The van der Waals surface area contributed by atoms with Crippen LogP contribution < -0.4 is 15.6 Å². The van der Waals surface area contributed by atoms with Crippen molar-refractivity contribution in [2.24, 2.45) is 0 Å². The van der Waals surface area contributed by atoms with Gasteiger partial charge in [-0.25, -0.2) is 0 Å². The summed E-state index contributed by atoms with van der Waals surface area (Å²) in [6.45, 7) is -2.90. The number of benzene rings is 2. The van der Waals surface area contributed by atoms with Crippen molar-refractivity contribution in [3.63, 3.8) is 0 Å². The lowest BCUT2D eigenvalue weighted by Crippen LogP contribution is -2.42. The molecule has 26 heavy (non-hydrogen) atoms. The highest BCUT2D eigenvalue weighted by Gasteiger charge is 2.12. The van der Waals surface area contributed by atoms with Crippen molar-refractivity contribution in [1.29, 1.82) is 0 Å². The number of H-pyrrole nitrogens is 1. The van der Waals surface area contributed by atoms with Crippen molar-refractivity contribution in [2.75, 3.05) is 0 Å². The average Bonchev–Trinajstić information content (AvgIpc) is 3.05. The number of fused-ring (bicyclic) bond motifs is 1. The van der Waals surface area contributed by atoms with Gasteiger partial charge in [0.2, 0.25) is 5.91 Å². The number of hydrogen-bond donors (Lipinski definition) is 3. The quantitative estimate of drug-likeness (QED) is 0.613. The Bertz CT molecular complexity index is 923. The normalized spacial score (nSPS) is 10.7. The number of para-hydroxylation sites is 1. The molecule has 1 heterocycles. The Labute approximate surface area is 147 Å². The SMILES string of the molecule is O=C(Cc1ccc(OC(F)F)cc1)NNC(=O)c1c[nH]c2ccccc12. The number of carbonyl (C=O) groups is 2. The van der Waals surface area contributed by atoms with Gasteiger partial charge in [0, 0.05) is 17.1 Å². The second-order valence-corrected chi connectivity index (χ2v) is 5.45. The Morgan fingerprint density at radius 1 is 1.04 bits per heavy atom. The first kappa shape index (κ1) is 17.4. The maximum atomic E-state index is 12.2. The second kappa shape index (κ2) is 7.64. The fourth-order valence-electron chi connectivity index (χ4n) is 2.47. The van der Waals surface area contributed by atoms with Gasteiger partial charge in [-0.2, -0.15) is 8.78 Å². The van der Waals surface area contributed by atoms with E-state index < -0.39 is 18.4 Å². The standard InChI is InChI=1S/C18H15F2N3O3/c19-18(20)26-12-7-5-11(6-8-12)9-16(24)22-23-17(25)14-10-21-15-4-2-1-3-13(14)15/h1-8,10,18,21H,9H2,(H,22,24)(H,23,25). The van der Waals surface area contributed by atoms with E-state index in [0.29, 0.717) is 11.1 Å². The number of rotatable bonds is 5. The van der Waals surface area contributed by atoms with Crippen molar-refractivity contribution in [1.82, 2.24) is 15.8 Å². The zero-order valence-corrected chi connectivity index (χ0v) is 13.5. The van der Waals surface area contributed by atoms with E-state index in [0.717, 1.165) is 10.9 Å². The highest BCUT2D eigenvalue weighted by atomic mass is 19.3. The smallest absolute Gasteiger partial charge is 0.387 e. The molecule has 3 aromatic rings. The Kier molecular flexibility index (Phi) is 5.12. The molecule has 2 aromatic carbocycles. The summed E-state index contributed by atoms with van der Waals surface area (Å²) in [5.74, 6) is -0.881. The number of alkyl halides is 2. The Morgan fingerprint density at radius 2 is 1.77 bits per heavy atom. The Morgan fingerprint density at radius 3 is 2.50 bits per heavy atom. The lowest BCUT2D eigenvalue weighted by Gasteiger charge is -2.08. The summed E-state index contributed by atoms with van der Waals surface area (Å²) < 4.78 is 28.4. The number of amides is 2. The summed E-state index contributed by atoms with van der Waals surface area (Å²) in [6.07, 6.45) is 1.54. The average molecular weight is 359 g/mol. The number of hydrazine groups is 1. The summed E-state index contributed by atoms with van der Waals surface area (Å²) in [4.78, 5) is 27.1. The largest absolute Gasteiger partial charge is 0.435 e. The first-order valence-electron chi connectivity index (χ1n) is 7.72. The van der Waals surface area contributed by atoms with E-state index in [1.165, 1.54) is 24.3 Å². The molecule has 0 aliphatic heterocycles. The number of hydrogen-bond acceptors (Lipinski definition) is 3. The fraction of sp³-hybridized carbons (Fsp3) is 0.111. The van der Waals surface area contributed by atoms with Crippen LogP contribution in [0.3, 0.4) is 0 Å². The van der Waals surface area contributed by atoms with E-state index in [4.69, 9.17) is 0 Å². The minimum Gasteiger partial charge on any atom is -0.435 e. The van der Waals surface area contributed by atoms with Crippen LogP contribution in [-0.4, -0.2) is 23.4 Å². The van der Waals surface area contributed by atoms with Crippen molar-refractivity contribution >= 4 is 22.7 Å². The van der Waals surface area contributed by atoms with E-state index in [2.05, 4.69) is 20.6 Å². The molecule has 2 amide bonds. The lowest BCUT2D eigenvalue weighted by molar-refractivity contribution is -0.121. The first-order valence-corrected chi connectivity index (χ1v) is 7.72. The third-order valence-corrected chi connectivity index (χ3v) is 3.66. The Balaban J connectivity index is 1.54. The molecule has 0 spiro atoms. The molecule has 6 nitrogen and oxygen atoms in total. The van der Waals surface area contributed by atoms with Crippen LogP contribution in [0.15, 0.2) is 54.7 Å². The van der Waals surface area contributed by atoms with Crippen molar-refractivity contribution in [3.8, 4) is 5.75 Å². The highest BCUT2D eigenvalue weighted by molar-refractivity contribution is 6.07. The highest BCUT2D eigenvalue weighted by Crippen LogP contribution is 2.17. The maximum Gasteiger partial charge on any atom is 0.387 e. The molecular formula is C18H15F2N3O3. The minimum absolute atomic E-state index is 0.0109. The molecule has 0 saturated heterocycles. The van der Waals surface area contributed by atoms with Gasteiger partial charge in [-0.05, 0) is 23.8 Å². The van der Waals surface area contributed by atoms with E-state index in [1.54, 1.807) is 12.3 Å². The van der Waals surface area contributed by atoms with Crippen LogP contribution in [0.5, 0.6) is 5.75 Å². The molecule has 0 unspecified atom stereocenters. The fourth-order valence-corrected chi connectivity index (χ4v) is 2.47. The van der Waals surface area contributed by atoms with Crippen molar-refractivity contribution in [3.05, 3.63) is 65.9 Å². The zero-order valence-electron chi connectivity index (χ0n) is 13.5. The number of nitrogens with one attached hydrogen (secondary N) is 3. The van der Waals surface area contributed by atoms with Crippen LogP contribution in [0.4, 0.5) is 8.78 Å². The maximum absolute atomic E-state index is 12.2. The molecule has 8 heteroatoms. The van der Waals surface area contributed by atoms with Crippen molar-refractivity contribution in [2.45, 2.75) is 13.0 Å². The van der Waals surface area contributed by atoms with Gasteiger partial charge in [-0.15, -0.1) is 0 Å². The van der Waals surface area contributed by atoms with Gasteiger partial charge >= 0.3 is 6.61 Å². The van der Waals surface area contributed by atoms with Crippen LogP contribution in [-0.2, 0) is 11.2 Å². The molecule has 134 valence electrons. The number of aromatic nitrogens is 1. The molecule has 3 N–H and O–H groups in total. The summed E-state index contributed by atoms with van der Waals surface area (Å²) in [6, 6.07) is 13.0. The first-order chi connectivity index (χ1) is 12.5. The molecule has 0 aliphatic rings. The number of halogens is 2. The molecular weight excluding hydrogens is 344 g/mol. The summed E-state index contributed by atoms with van der Waals surface area (Å²) >= 11 is 0. The van der Waals surface area contributed by atoms with Crippen LogP contribution in [0.1, 0.15) is 15.9 Å². The third kappa shape index (κ3) is 4.15. The molecule has 3 rings (SSSR count). The molecule has 0 radical (unpaired) electrons. The van der Waals surface area contributed by atoms with Crippen molar-refractivity contribution < 1.29 is 23.1 Å². The van der Waals surface area contributed by atoms with Gasteiger partial charge in [0.15, 0.2) is 0 Å². The molecule has 0 bridgehead atoms. The summed E-state index contributed by atoms with van der Waals surface area (Å²) in [5.41, 5.74) is 6.49. The van der Waals surface area contributed by atoms with E-state index in [9.17, 15) is 18.4 Å². The molecule has 0 saturated carbocycles. The predicted molar refractivity (Wildman–Crippen MR) is 90.7 cm³/mol. The summed E-state index contributed by atoms with van der Waals surface area (Å²) in [5, 5.41) is 0.744. The van der Waals surface area contributed by atoms with E-state index in [1.807, 2.05) is 18.2 Å². The Hall–Kier alpha value is -3.42. The topological polar surface area (TPSA) is 83.2 Å². The van der Waals surface area contributed by atoms with Gasteiger partial charge < -0.3 is 9.72 Å². The monoisotopic (exact) mass is 359 g/mol. The minimum atomic E-state index is -2.90. The second-order valence-electron chi connectivity index (χ2n) is 5.45. The molecule has 0 atom stereocenters. The van der Waals surface area contributed by atoms with Gasteiger partial charge in [0.25, 0.3) is 5.91 Å². The van der Waals surface area contributed by atoms with Gasteiger partial charge in [0.1, 0.15) is 5.75 Å². The number of ether oxygens (including phenoxy) is 1. The van der Waals surface area contributed by atoms with Gasteiger partial charge in [0.05, 0.1) is 12.0 Å². The molecule has 0 fully saturated rings. The van der Waals surface area contributed by atoms with Crippen LogP contribution in [0.25, 0.3) is 10.9 Å². The number of carbonyl (C=O) groups excluding carboxylic acids is 2. The molecule has 1 aromatic heterocycles. The number of aromatic amines is 1. The summed E-state index contributed by atoms with van der Waals surface area (Å²) in [7, 11) is 0. The predicted octanol–water partition coefficient (Wildman–Crippen LogP) is 2.77. The van der Waals surface area contributed by atoms with E-state index >= 15 is 0 Å². The van der Waals surface area contributed by atoms with Crippen LogP contribution in [0, 0.1) is 0 Å². The van der Waals surface area contributed by atoms with Crippen LogP contribution >= 0.6 is 0 Å². The van der Waals surface area contributed by atoms with E-state index in [-0.39, 0.29) is 12.2 Å².